The van der Waals surface area contributed by atoms with Gasteiger partial charge in [0.15, 0.2) is 5.96 Å². The molecule has 0 bridgehead atoms. The molecule has 0 aromatic carbocycles. The minimum atomic E-state index is -0.0642. The van der Waals surface area contributed by atoms with Gasteiger partial charge in [0.05, 0.1) is 13.2 Å². The Morgan fingerprint density at radius 1 is 1.28 bits per heavy atom. The van der Waals surface area contributed by atoms with Crippen LogP contribution in [-0.4, -0.2) is 52.3 Å². The number of hydrogen-bond acceptors (Lipinski definition) is 4. The van der Waals surface area contributed by atoms with E-state index in [1.54, 1.807) is 14.2 Å². The van der Waals surface area contributed by atoms with Crippen molar-refractivity contribution in [1.82, 2.24) is 16.0 Å². The predicted octanol–water partition coefficient (Wildman–Crippen LogP) is 1.88. The molecule has 1 heterocycles. The lowest BCUT2D eigenvalue weighted by Crippen LogP contribution is -2.48. The summed E-state index contributed by atoms with van der Waals surface area (Å²) in [5, 5.41) is 11.5. The molecule has 0 spiro atoms. The van der Waals surface area contributed by atoms with E-state index in [0.29, 0.717) is 19.1 Å². The number of nitrogens with zero attached hydrogens (tertiary/aromatic N) is 1. The molecule has 0 aliphatic heterocycles. The largest absolute Gasteiger partial charge is 0.383 e. The number of carbonyl (C=O) groups is 1. The number of amides is 1. The van der Waals surface area contributed by atoms with Crippen LogP contribution in [0.2, 0.25) is 0 Å². The van der Waals surface area contributed by atoms with Crippen molar-refractivity contribution in [3.05, 3.63) is 22.4 Å². The number of nitrogens with one attached hydrogen (secondary N) is 3. The fraction of sp³-hybridized carbons (Fsp3) is 0.667. The number of thiophene rings is 1. The fourth-order valence-corrected chi connectivity index (χ4v) is 4.30. The van der Waals surface area contributed by atoms with Gasteiger partial charge in [-0.15, -0.1) is 11.3 Å². The highest BCUT2D eigenvalue weighted by atomic mass is 32.1. The average Bonchev–Trinajstić information content (AvgIpc) is 3.18. The summed E-state index contributed by atoms with van der Waals surface area (Å²) in [5.74, 6) is 0.606. The molecule has 6 nitrogen and oxygen atoms in total. The van der Waals surface area contributed by atoms with Crippen LogP contribution >= 0.6 is 11.3 Å². The molecule has 1 amide bonds. The van der Waals surface area contributed by atoms with Gasteiger partial charge in [0.1, 0.15) is 0 Å². The number of hydrogen-bond donors (Lipinski definition) is 3. The Balaban J connectivity index is 1.85. The molecule has 1 aliphatic rings. The van der Waals surface area contributed by atoms with E-state index >= 15 is 0 Å². The van der Waals surface area contributed by atoms with Gasteiger partial charge in [-0.25, -0.2) is 0 Å². The summed E-state index contributed by atoms with van der Waals surface area (Å²) in [5.41, 5.74) is 0.185. The highest BCUT2D eigenvalue weighted by Crippen LogP contribution is 2.40. The molecular weight excluding hydrogens is 336 g/mol. The van der Waals surface area contributed by atoms with E-state index < -0.39 is 0 Å². The van der Waals surface area contributed by atoms with Gasteiger partial charge in [0, 0.05) is 37.5 Å². The van der Waals surface area contributed by atoms with Crippen LogP contribution in [0.25, 0.3) is 0 Å². The minimum Gasteiger partial charge on any atom is -0.383 e. The number of guanidine groups is 1. The molecule has 0 unspecified atom stereocenters. The monoisotopic (exact) mass is 366 g/mol. The zero-order chi connectivity index (χ0) is 18.0. The van der Waals surface area contributed by atoms with Gasteiger partial charge < -0.3 is 20.7 Å². The maximum absolute atomic E-state index is 11.8. The Hall–Kier alpha value is -1.60. The summed E-state index contributed by atoms with van der Waals surface area (Å²) in [7, 11) is 3.35. The van der Waals surface area contributed by atoms with E-state index in [1.807, 2.05) is 11.3 Å². The topological polar surface area (TPSA) is 74.8 Å². The second kappa shape index (κ2) is 10.4. The van der Waals surface area contributed by atoms with E-state index in [9.17, 15) is 4.79 Å². The van der Waals surface area contributed by atoms with E-state index in [0.717, 1.165) is 6.54 Å². The van der Waals surface area contributed by atoms with Crippen LogP contribution in [0.15, 0.2) is 22.5 Å². The highest BCUT2D eigenvalue weighted by molar-refractivity contribution is 7.10. The van der Waals surface area contributed by atoms with E-state index in [1.165, 1.54) is 37.0 Å². The van der Waals surface area contributed by atoms with Crippen LogP contribution in [-0.2, 0) is 14.9 Å². The molecular formula is C18H30N4O2S. The van der Waals surface area contributed by atoms with Gasteiger partial charge in [-0.1, -0.05) is 25.3 Å². The second-order valence-electron chi connectivity index (χ2n) is 6.44. The van der Waals surface area contributed by atoms with Crippen molar-refractivity contribution in [2.24, 2.45) is 4.99 Å². The number of rotatable bonds is 8. The Morgan fingerprint density at radius 3 is 2.72 bits per heavy atom. The summed E-state index contributed by atoms with van der Waals surface area (Å²) >= 11 is 1.84. The molecule has 140 valence electrons. The molecule has 1 fully saturated rings. The van der Waals surface area contributed by atoms with Crippen molar-refractivity contribution in [2.45, 2.75) is 37.5 Å². The van der Waals surface area contributed by atoms with E-state index in [-0.39, 0.29) is 17.9 Å². The Morgan fingerprint density at radius 2 is 2.08 bits per heavy atom. The van der Waals surface area contributed by atoms with Crippen LogP contribution in [0.4, 0.5) is 0 Å². The summed E-state index contributed by atoms with van der Waals surface area (Å²) in [6, 6.07) is 4.38. The fourth-order valence-electron chi connectivity index (χ4n) is 3.31. The van der Waals surface area contributed by atoms with Gasteiger partial charge in [0.25, 0.3) is 0 Å². The quantitative estimate of drug-likeness (QED) is 0.373. The lowest BCUT2D eigenvalue weighted by Gasteiger charge is -2.37. The molecule has 0 radical (unpaired) electrons. The molecule has 1 saturated carbocycles. The number of ether oxygens (including phenoxy) is 1. The van der Waals surface area contributed by atoms with Crippen molar-refractivity contribution in [3.63, 3.8) is 0 Å². The summed E-state index contributed by atoms with van der Waals surface area (Å²) in [6.07, 6.45) is 6.27. The maximum Gasteiger partial charge on any atom is 0.239 e. The third-order valence-corrected chi connectivity index (χ3v) is 5.83. The van der Waals surface area contributed by atoms with Crippen LogP contribution in [0.3, 0.4) is 0 Å². The summed E-state index contributed by atoms with van der Waals surface area (Å²) in [4.78, 5) is 17.5. The Bertz CT molecular complexity index is 539. The van der Waals surface area contributed by atoms with Crippen molar-refractivity contribution in [2.75, 3.05) is 40.4 Å². The average molecular weight is 367 g/mol. The van der Waals surface area contributed by atoms with Crippen LogP contribution in [0.5, 0.6) is 0 Å². The first kappa shape index (κ1) is 19.7. The Kier molecular flexibility index (Phi) is 8.21. The first-order valence-corrected chi connectivity index (χ1v) is 9.82. The normalized spacial score (nSPS) is 17.1. The molecule has 0 atom stereocenters. The zero-order valence-corrected chi connectivity index (χ0v) is 16.1. The number of aliphatic imine (C=N–C) groups is 1. The zero-order valence-electron chi connectivity index (χ0n) is 15.3. The Labute approximate surface area is 154 Å². The lowest BCUT2D eigenvalue weighted by molar-refractivity contribution is -0.120. The smallest absolute Gasteiger partial charge is 0.239 e. The van der Waals surface area contributed by atoms with Gasteiger partial charge in [0.2, 0.25) is 5.91 Å². The van der Waals surface area contributed by atoms with Crippen LogP contribution in [0.1, 0.15) is 37.0 Å². The predicted molar refractivity (Wildman–Crippen MR) is 103 cm³/mol. The number of methoxy groups -OCH3 is 1. The third kappa shape index (κ3) is 6.01. The minimum absolute atomic E-state index is 0.0642. The lowest BCUT2D eigenvalue weighted by atomic mass is 9.73. The summed E-state index contributed by atoms with van der Waals surface area (Å²) < 4.78 is 4.92. The number of carbonyl (C=O) groups excluding carboxylic acids is 1. The molecule has 3 N–H and O–H groups in total. The first-order chi connectivity index (χ1) is 12.2. The van der Waals surface area contributed by atoms with E-state index in [2.05, 4.69) is 38.5 Å². The van der Waals surface area contributed by atoms with Gasteiger partial charge in [-0.05, 0) is 24.3 Å². The SMILES string of the molecule is CN=C(NCC(=O)NCCOC)NCC1(c2cccs2)CCCCC1. The van der Waals surface area contributed by atoms with Crippen LogP contribution < -0.4 is 16.0 Å². The highest BCUT2D eigenvalue weighted by Gasteiger charge is 2.34. The summed E-state index contributed by atoms with van der Waals surface area (Å²) in [6.45, 7) is 2.08. The van der Waals surface area contributed by atoms with Crippen molar-refractivity contribution in [1.29, 1.82) is 0 Å². The second-order valence-corrected chi connectivity index (χ2v) is 7.39. The van der Waals surface area contributed by atoms with E-state index in [4.69, 9.17) is 4.74 Å². The standard InChI is InChI=1S/C18H30N4O2S/c1-19-17(21-13-16(23)20-10-11-24-2)22-14-18(8-4-3-5-9-18)15-7-6-12-25-15/h6-7,12H,3-5,8-11,13-14H2,1-2H3,(H,20,23)(H2,19,21,22). The molecule has 7 heteroatoms. The maximum atomic E-state index is 11.8. The van der Waals surface area contributed by atoms with Gasteiger partial charge in [-0.3, -0.25) is 9.79 Å². The first-order valence-electron chi connectivity index (χ1n) is 8.94. The van der Waals surface area contributed by atoms with Crippen molar-refractivity contribution in [3.8, 4) is 0 Å². The van der Waals surface area contributed by atoms with Crippen molar-refractivity contribution >= 4 is 23.2 Å². The third-order valence-electron chi connectivity index (χ3n) is 4.72. The molecule has 0 saturated heterocycles. The van der Waals surface area contributed by atoms with Crippen LogP contribution in [0, 0.1) is 0 Å². The van der Waals surface area contributed by atoms with Gasteiger partial charge >= 0.3 is 0 Å². The molecule has 1 aromatic heterocycles. The van der Waals surface area contributed by atoms with Crippen molar-refractivity contribution < 1.29 is 9.53 Å². The molecule has 1 aliphatic carbocycles. The molecule has 1 aromatic rings. The molecule has 2 rings (SSSR count). The van der Waals surface area contributed by atoms with Gasteiger partial charge in [-0.2, -0.15) is 0 Å². The molecule has 25 heavy (non-hydrogen) atoms.